The Morgan fingerprint density at radius 2 is 2.15 bits per heavy atom. The Hall–Kier alpha value is -1.68. The van der Waals surface area contributed by atoms with Crippen LogP contribution in [0, 0.1) is 0 Å². The van der Waals surface area contributed by atoms with Crippen LogP contribution in [0.25, 0.3) is 10.9 Å². The standard InChI is InChI=1S/C16H25N3O/c1-12(6-5-9-19(2)3)18-15-11-14(20-4)10-13-7-8-17-16(13)15/h7-8,10-12,17-18H,5-6,9H2,1-4H3. The fourth-order valence-corrected chi connectivity index (χ4v) is 2.43. The smallest absolute Gasteiger partial charge is 0.121 e. The Bertz CT molecular complexity index is 548. The predicted octanol–water partition coefficient (Wildman–Crippen LogP) is 3.32. The lowest BCUT2D eigenvalue weighted by molar-refractivity contribution is 0.390. The van der Waals surface area contributed by atoms with E-state index in [-0.39, 0.29) is 0 Å². The minimum absolute atomic E-state index is 0.438. The van der Waals surface area contributed by atoms with E-state index in [2.05, 4.69) is 48.4 Å². The molecule has 0 aliphatic carbocycles. The predicted molar refractivity (Wildman–Crippen MR) is 85.7 cm³/mol. The largest absolute Gasteiger partial charge is 0.497 e. The summed E-state index contributed by atoms with van der Waals surface area (Å²) in [5, 5.41) is 4.76. The van der Waals surface area contributed by atoms with Crippen molar-refractivity contribution in [3.05, 3.63) is 24.4 Å². The molecule has 4 heteroatoms. The first-order valence-corrected chi connectivity index (χ1v) is 7.16. The highest BCUT2D eigenvalue weighted by Crippen LogP contribution is 2.29. The summed E-state index contributed by atoms with van der Waals surface area (Å²) in [7, 11) is 5.93. The minimum Gasteiger partial charge on any atom is -0.497 e. The van der Waals surface area contributed by atoms with Gasteiger partial charge in [0.05, 0.1) is 18.3 Å². The van der Waals surface area contributed by atoms with E-state index < -0.39 is 0 Å². The van der Waals surface area contributed by atoms with Crippen molar-refractivity contribution in [3.8, 4) is 5.75 Å². The summed E-state index contributed by atoms with van der Waals surface area (Å²) in [6, 6.07) is 6.61. The van der Waals surface area contributed by atoms with Crippen molar-refractivity contribution in [2.75, 3.05) is 33.1 Å². The van der Waals surface area contributed by atoms with E-state index in [1.165, 1.54) is 11.8 Å². The third kappa shape index (κ3) is 3.67. The van der Waals surface area contributed by atoms with E-state index in [1.54, 1.807) is 7.11 Å². The quantitative estimate of drug-likeness (QED) is 0.814. The molecule has 1 atom stereocenters. The summed E-state index contributed by atoms with van der Waals surface area (Å²) >= 11 is 0. The zero-order chi connectivity index (χ0) is 14.5. The van der Waals surface area contributed by atoms with Crippen LogP contribution in [0.15, 0.2) is 24.4 Å². The van der Waals surface area contributed by atoms with E-state index >= 15 is 0 Å². The summed E-state index contributed by atoms with van der Waals surface area (Å²) in [6.45, 7) is 3.35. The number of aromatic amines is 1. The van der Waals surface area contributed by atoms with E-state index in [1.807, 2.05) is 12.3 Å². The molecule has 4 nitrogen and oxygen atoms in total. The maximum Gasteiger partial charge on any atom is 0.121 e. The molecule has 0 spiro atoms. The summed E-state index contributed by atoms with van der Waals surface area (Å²) in [6.07, 6.45) is 4.31. The van der Waals surface area contributed by atoms with Gasteiger partial charge in [0, 0.05) is 23.7 Å². The van der Waals surface area contributed by atoms with Crippen LogP contribution in [0.5, 0.6) is 5.75 Å². The molecule has 0 radical (unpaired) electrons. The van der Waals surface area contributed by atoms with Crippen LogP contribution in [-0.4, -0.2) is 43.7 Å². The highest BCUT2D eigenvalue weighted by atomic mass is 16.5. The summed E-state index contributed by atoms with van der Waals surface area (Å²) in [5.41, 5.74) is 2.26. The van der Waals surface area contributed by atoms with Gasteiger partial charge in [-0.2, -0.15) is 0 Å². The molecular formula is C16H25N3O. The lowest BCUT2D eigenvalue weighted by Crippen LogP contribution is -2.19. The molecule has 2 N–H and O–H groups in total. The number of nitrogens with zero attached hydrogens (tertiary/aromatic N) is 1. The van der Waals surface area contributed by atoms with Crippen LogP contribution in [0.2, 0.25) is 0 Å². The average molecular weight is 275 g/mol. The number of H-pyrrole nitrogens is 1. The topological polar surface area (TPSA) is 40.3 Å². The maximum absolute atomic E-state index is 5.37. The second-order valence-electron chi connectivity index (χ2n) is 5.61. The fraction of sp³-hybridized carbons (Fsp3) is 0.500. The van der Waals surface area contributed by atoms with E-state index in [0.717, 1.165) is 29.9 Å². The van der Waals surface area contributed by atoms with Crippen LogP contribution >= 0.6 is 0 Å². The summed E-state index contributed by atoms with van der Waals surface area (Å²) in [5.74, 6) is 0.889. The molecule has 2 rings (SSSR count). The molecule has 0 amide bonds. The number of anilines is 1. The van der Waals surface area contributed by atoms with E-state index in [0.29, 0.717) is 6.04 Å². The lowest BCUT2D eigenvalue weighted by atomic mass is 10.1. The summed E-state index contributed by atoms with van der Waals surface area (Å²) in [4.78, 5) is 5.52. The van der Waals surface area contributed by atoms with Gasteiger partial charge in [-0.15, -0.1) is 0 Å². The molecule has 0 aliphatic heterocycles. The third-order valence-corrected chi connectivity index (χ3v) is 3.51. The van der Waals surface area contributed by atoms with Gasteiger partial charge >= 0.3 is 0 Å². The zero-order valence-corrected chi connectivity index (χ0v) is 12.9. The number of methoxy groups -OCH3 is 1. The maximum atomic E-state index is 5.37. The van der Waals surface area contributed by atoms with Crippen molar-refractivity contribution in [2.24, 2.45) is 0 Å². The fourth-order valence-electron chi connectivity index (χ4n) is 2.43. The van der Waals surface area contributed by atoms with Gasteiger partial charge in [0.15, 0.2) is 0 Å². The van der Waals surface area contributed by atoms with Crippen molar-refractivity contribution in [1.29, 1.82) is 0 Å². The van der Waals surface area contributed by atoms with Crippen molar-refractivity contribution in [3.63, 3.8) is 0 Å². The number of hydrogen-bond acceptors (Lipinski definition) is 3. The van der Waals surface area contributed by atoms with Crippen LogP contribution in [0.1, 0.15) is 19.8 Å². The van der Waals surface area contributed by atoms with Crippen LogP contribution < -0.4 is 10.1 Å². The second-order valence-corrected chi connectivity index (χ2v) is 5.61. The third-order valence-electron chi connectivity index (χ3n) is 3.51. The van der Waals surface area contributed by atoms with Crippen molar-refractivity contribution in [1.82, 2.24) is 9.88 Å². The van der Waals surface area contributed by atoms with Gasteiger partial charge in [-0.1, -0.05) is 0 Å². The molecule has 20 heavy (non-hydrogen) atoms. The van der Waals surface area contributed by atoms with Crippen molar-refractivity contribution < 1.29 is 4.74 Å². The molecule has 0 saturated carbocycles. The molecule has 0 aliphatic rings. The molecular weight excluding hydrogens is 250 g/mol. The molecule has 0 fully saturated rings. The number of fused-ring (bicyclic) bond motifs is 1. The molecule has 2 aromatic rings. The zero-order valence-electron chi connectivity index (χ0n) is 12.9. The molecule has 1 aromatic heterocycles. The highest BCUT2D eigenvalue weighted by Gasteiger charge is 2.09. The number of nitrogens with one attached hydrogen (secondary N) is 2. The Morgan fingerprint density at radius 1 is 1.35 bits per heavy atom. The molecule has 0 saturated heterocycles. The molecule has 1 unspecified atom stereocenters. The van der Waals surface area contributed by atoms with Crippen LogP contribution in [-0.2, 0) is 0 Å². The van der Waals surface area contributed by atoms with Gasteiger partial charge < -0.3 is 19.9 Å². The molecule has 1 heterocycles. The van der Waals surface area contributed by atoms with Crippen molar-refractivity contribution >= 4 is 16.6 Å². The molecule has 0 bridgehead atoms. The van der Waals surface area contributed by atoms with Gasteiger partial charge in [-0.05, 0) is 52.5 Å². The normalized spacial score (nSPS) is 12.8. The van der Waals surface area contributed by atoms with E-state index in [9.17, 15) is 0 Å². The SMILES string of the molecule is COc1cc(NC(C)CCCN(C)C)c2[nH]ccc2c1. The summed E-state index contributed by atoms with van der Waals surface area (Å²) < 4.78 is 5.37. The van der Waals surface area contributed by atoms with E-state index in [4.69, 9.17) is 4.74 Å². The first-order chi connectivity index (χ1) is 9.60. The van der Waals surface area contributed by atoms with Crippen LogP contribution in [0.4, 0.5) is 5.69 Å². The number of benzene rings is 1. The average Bonchev–Trinajstić information content (AvgIpc) is 2.86. The first-order valence-electron chi connectivity index (χ1n) is 7.16. The Balaban J connectivity index is 2.06. The first kappa shape index (κ1) is 14.7. The highest BCUT2D eigenvalue weighted by molar-refractivity contribution is 5.92. The Labute approximate surface area is 121 Å². The number of rotatable bonds is 7. The molecule has 110 valence electrons. The Kier molecular flexibility index (Phi) is 4.90. The minimum atomic E-state index is 0.438. The van der Waals surface area contributed by atoms with Gasteiger partial charge in [-0.25, -0.2) is 0 Å². The van der Waals surface area contributed by atoms with Gasteiger partial charge in [-0.3, -0.25) is 0 Å². The Morgan fingerprint density at radius 3 is 2.85 bits per heavy atom. The molecule has 1 aromatic carbocycles. The monoisotopic (exact) mass is 275 g/mol. The lowest BCUT2D eigenvalue weighted by Gasteiger charge is -2.18. The number of hydrogen-bond donors (Lipinski definition) is 2. The van der Waals surface area contributed by atoms with Gasteiger partial charge in [0.25, 0.3) is 0 Å². The van der Waals surface area contributed by atoms with Crippen LogP contribution in [0.3, 0.4) is 0 Å². The second kappa shape index (κ2) is 6.66. The van der Waals surface area contributed by atoms with Crippen molar-refractivity contribution in [2.45, 2.75) is 25.8 Å². The number of ether oxygens (including phenoxy) is 1. The number of aromatic nitrogens is 1. The van der Waals surface area contributed by atoms with Gasteiger partial charge in [0.2, 0.25) is 0 Å². The van der Waals surface area contributed by atoms with Gasteiger partial charge in [0.1, 0.15) is 5.75 Å².